The highest BCUT2D eigenvalue weighted by atomic mass is 32.2. The Morgan fingerprint density at radius 3 is 2.33 bits per heavy atom. The third kappa shape index (κ3) is 5.62. The lowest BCUT2D eigenvalue weighted by atomic mass is 10.1. The van der Waals surface area contributed by atoms with Crippen molar-refractivity contribution in [3.8, 4) is 0 Å². The van der Waals surface area contributed by atoms with Gasteiger partial charge in [-0.3, -0.25) is 4.79 Å². The molecule has 0 radical (unpaired) electrons. The van der Waals surface area contributed by atoms with Crippen LogP contribution >= 0.6 is 0 Å². The van der Waals surface area contributed by atoms with Crippen LogP contribution in [0.5, 0.6) is 0 Å². The van der Waals surface area contributed by atoms with E-state index in [2.05, 4.69) is 5.32 Å². The zero-order valence-corrected chi connectivity index (χ0v) is 12.1. The van der Waals surface area contributed by atoms with Crippen molar-refractivity contribution in [3.63, 3.8) is 0 Å². The molecule has 0 aliphatic rings. The summed E-state index contributed by atoms with van der Waals surface area (Å²) in [4.78, 5) is 23.2. The first kappa shape index (κ1) is 17.3. The summed E-state index contributed by atoms with van der Waals surface area (Å²) in [5.74, 6) is -1.64. The molecule has 0 saturated heterocycles. The number of aliphatic carboxylic acids is 1. The molecule has 0 bridgehead atoms. The fourth-order valence-corrected chi connectivity index (χ4v) is 2.08. The number of carboxylic acid groups (broad SMARTS) is 1. The van der Waals surface area contributed by atoms with Crippen LogP contribution in [0.25, 0.3) is 0 Å². The van der Waals surface area contributed by atoms with Crippen molar-refractivity contribution in [1.29, 1.82) is 0 Å². The predicted octanol–water partition coefficient (Wildman–Crippen LogP) is 0.579. The van der Waals surface area contributed by atoms with Crippen LogP contribution in [0, 0.1) is 0 Å². The Balaban J connectivity index is 2.68. The van der Waals surface area contributed by atoms with Gasteiger partial charge in [0.05, 0.1) is 4.90 Å². The van der Waals surface area contributed by atoms with Gasteiger partial charge in [0.2, 0.25) is 0 Å². The lowest BCUT2D eigenvalue weighted by Gasteiger charge is -2.14. The smallest absolute Gasteiger partial charge is 0.326 e. The number of hydrogen-bond acceptors (Lipinski definition) is 4. The average molecular weight is 314 g/mol. The molecular weight excluding hydrogens is 296 g/mol. The molecule has 0 spiro atoms. The van der Waals surface area contributed by atoms with E-state index >= 15 is 0 Å². The van der Waals surface area contributed by atoms with E-state index in [1.54, 1.807) is 0 Å². The quantitative estimate of drug-likeness (QED) is 0.410. The Morgan fingerprint density at radius 2 is 1.86 bits per heavy atom. The zero-order chi connectivity index (χ0) is 15.8. The molecule has 0 heterocycles. The van der Waals surface area contributed by atoms with E-state index in [-0.39, 0.29) is 10.5 Å². The van der Waals surface area contributed by atoms with Crippen molar-refractivity contribution >= 4 is 23.0 Å². The maximum absolute atomic E-state index is 11.9. The van der Waals surface area contributed by atoms with Crippen molar-refractivity contribution in [2.24, 2.45) is 5.73 Å². The van der Waals surface area contributed by atoms with Gasteiger partial charge >= 0.3 is 5.97 Å². The van der Waals surface area contributed by atoms with Crippen LogP contribution in [0.1, 0.15) is 29.6 Å². The number of rotatable bonds is 8. The molecule has 0 aromatic heterocycles. The fourth-order valence-electron chi connectivity index (χ4n) is 1.71. The van der Waals surface area contributed by atoms with Gasteiger partial charge in [-0.2, -0.15) is 0 Å². The standard InChI is InChI=1S/C13H18N2O5S/c14-8-2-1-3-11(13(17)18)15-12(16)9-4-6-10(7-5-9)21(19)20/h4-7,11H,1-3,8,14H2,(H,15,16)(H,17,18)(H,19,20)/t11-/m0/s1. The Kier molecular flexibility index (Phi) is 7.00. The van der Waals surface area contributed by atoms with E-state index in [1.807, 2.05) is 0 Å². The summed E-state index contributed by atoms with van der Waals surface area (Å²) in [6, 6.07) is 4.45. The molecule has 0 fully saturated rings. The lowest BCUT2D eigenvalue weighted by Crippen LogP contribution is -2.40. The second kappa shape index (κ2) is 8.50. The van der Waals surface area contributed by atoms with Crippen LogP contribution in [0.15, 0.2) is 29.2 Å². The Labute approximate surface area is 124 Å². The van der Waals surface area contributed by atoms with Gasteiger partial charge in [-0.1, -0.05) is 0 Å². The highest BCUT2D eigenvalue weighted by Gasteiger charge is 2.20. The third-order valence-corrected chi connectivity index (χ3v) is 3.54. The van der Waals surface area contributed by atoms with Crippen LogP contribution < -0.4 is 11.1 Å². The Hall–Kier alpha value is -1.77. The number of benzene rings is 1. The predicted molar refractivity (Wildman–Crippen MR) is 77.3 cm³/mol. The van der Waals surface area contributed by atoms with Crippen molar-refractivity contribution in [2.75, 3.05) is 6.54 Å². The highest BCUT2D eigenvalue weighted by molar-refractivity contribution is 7.79. The van der Waals surface area contributed by atoms with Crippen LogP contribution in [0.3, 0.4) is 0 Å². The van der Waals surface area contributed by atoms with Gasteiger partial charge in [-0.05, 0) is 50.1 Å². The second-order valence-corrected chi connectivity index (χ2v) is 5.39. The van der Waals surface area contributed by atoms with Crippen LogP contribution in [-0.4, -0.2) is 38.3 Å². The molecule has 1 rings (SSSR count). The van der Waals surface area contributed by atoms with Crippen molar-refractivity contribution in [1.82, 2.24) is 5.32 Å². The van der Waals surface area contributed by atoms with Crippen molar-refractivity contribution in [2.45, 2.75) is 30.2 Å². The van der Waals surface area contributed by atoms with E-state index in [9.17, 15) is 13.8 Å². The molecule has 5 N–H and O–H groups in total. The molecule has 1 unspecified atom stereocenters. The topological polar surface area (TPSA) is 130 Å². The number of nitrogens with two attached hydrogens (primary N) is 1. The summed E-state index contributed by atoms with van der Waals surface area (Å²) in [6.45, 7) is 0.472. The Bertz CT molecular complexity index is 518. The molecule has 1 amide bonds. The molecule has 0 aliphatic heterocycles. The van der Waals surface area contributed by atoms with E-state index in [0.29, 0.717) is 25.8 Å². The normalized spacial score (nSPS) is 13.4. The summed E-state index contributed by atoms with van der Waals surface area (Å²) in [5.41, 5.74) is 5.57. The van der Waals surface area contributed by atoms with Gasteiger partial charge in [0.1, 0.15) is 6.04 Å². The van der Waals surface area contributed by atoms with Crippen LogP contribution in [0.4, 0.5) is 0 Å². The summed E-state index contributed by atoms with van der Waals surface area (Å²) < 4.78 is 19.7. The molecule has 1 aromatic rings. The highest BCUT2D eigenvalue weighted by Crippen LogP contribution is 2.09. The van der Waals surface area contributed by atoms with E-state index in [4.69, 9.17) is 15.4 Å². The van der Waals surface area contributed by atoms with Gasteiger partial charge < -0.3 is 20.7 Å². The molecule has 0 saturated carbocycles. The summed E-state index contributed by atoms with van der Waals surface area (Å²) in [5, 5.41) is 11.5. The number of carbonyl (C=O) groups is 2. The first-order valence-corrected chi connectivity index (χ1v) is 7.51. The third-order valence-electron chi connectivity index (χ3n) is 2.87. The molecule has 21 heavy (non-hydrogen) atoms. The maximum atomic E-state index is 11.9. The fraction of sp³-hybridized carbons (Fsp3) is 0.385. The van der Waals surface area contributed by atoms with Crippen molar-refractivity contribution in [3.05, 3.63) is 29.8 Å². The van der Waals surface area contributed by atoms with E-state index < -0.39 is 29.0 Å². The largest absolute Gasteiger partial charge is 0.480 e. The number of hydrogen-bond donors (Lipinski definition) is 4. The number of carboxylic acids is 1. The number of carbonyl (C=O) groups excluding carboxylic acids is 1. The van der Waals surface area contributed by atoms with Gasteiger partial charge in [0, 0.05) is 5.56 Å². The molecule has 1 aromatic carbocycles. The van der Waals surface area contributed by atoms with Gasteiger partial charge in [0.15, 0.2) is 11.1 Å². The molecule has 8 heteroatoms. The van der Waals surface area contributed by atoms with Gasteiger partial charge in [-0.25, -0.2) is 9.00 Å². The van der Waals surface area contributed by atoms with Gasteiger partial charge in [0.25, 0.3) is 5.91 Å². The van der Waals surface area contributed by atoms with Gasteiger partial charge in [-0.15, -0.1) is 0 Å². The molecule has 7 nitrogen and oxygen atoms in total. The SMILES string of the molecule is NCCCC[C@H](NC(=O)c1ccc(S(=O)O)cc1)C(=O)O. The lowest BCUT2D eigenvalue weighted by molar-refractivity contribution is -0.139. The number of nitrogens with one attached hydrogen (secondary N) is 1. The van der Waals surface area contributed by atoms with E-state index in [1.165, 1.54) is 24.3 Å². The average Bonchev–Trinajstić information content (AvgIpc) is 2.46. The first-order chi connectivity index (χ1) is 9.95. The molecule has 2 atom stereocenters. The minimum atomic E-state index is -2.11. The number of unbranched alkanes of at least 4 members (excludes halogenated alkanes) is 1. The Morgan fingerprint density at radius 1 is 1.24 bits per heavy atom. The molecular formula is C13H18N2O5S. The maximum Gasteiger partial charge on any atom is 0.326 e. The summed E-state index contributed by atoms with van der Waals surface area (Å²) in [7, 11) is 0. The summed E-state index contributed by atoms with van der Waals surface area (Å²) in [6.07, 6.45) is 1.60. The first-order valence-electron chi connectivity index (χ1n) is 6.40. The summed E-state index contributed by atoms with van der Waals surface area (Å²) >= 11 is -2.11. The van der Waals surface area contributed by atoms with Crippen LogP contribution in [-0.2, 0) is 15.9 Å². The number of amides is 1. The van der Waals surface area contributed by atoms with E-state index in [0.717, 1.165) is 0 Å². The minimum absolute atomic E-state index is 0.171. The molecule has 116 valence electrons. The zero-order valence-electron chi connectivity index (χ0n) is 11.3. The monoisotopic (exact) mass is 314 g/mol. The minimum Gasteiger partial charge on any atom is -0.480 e. The van der Waals surface area contributed by atoms with Crippen molar-refractivity contribution < 1.29 is 23.5 Å². The molecule has 0 aliphatic carbocycles. The second-order valence-electron chi connectivity index (χ2n) is 4.42. The van der Waals surface area contributed by atoms with Crippen LogP contribution in [0.2, 0.25) is 0 Å².